The van der Waals surface area contributed by atoms with Crippen LogP contribution in [-0.4, -0.2) is 55.6 Å². The summed E-state index contributed by atoms with van der Waals surface area (Å²) in [4.78, 5) is 15.2. The maximum Gasteiger partial charge on any atom is 0.573 e. The van der Waals surface area contributed by atoms with E-state index in [9.17, 15) is 23.1 Å². The molecule has 3 N–H and O–H groups in total. The lowest BCUT2D eigenvalue weighted by Crippen LogP contribution is -2.41. The summed E-state index contributed by atoms with van der Waals surface area (Å²) in [7, 11) is 4.01. The summed E-state index contributed by atoms with van der Waals surface area (Å²) in [5.41, 5.74) is 2.75. The van der Waals surface area contributed by atoms with Crippen LogP contribution < -0.4 is 20.1 Å². The third kappa shape index (κ3) is 6.54. The average molecular weight is 508 g/mol. The second kappa shape index (κ2) is 10.9. The number of carbonyl (C=O) groups excluding carboxylic acids is 1. The fourth-order valence-corrected chi connectivity index (χ4v) is 4.83. The van der Waals surface area contributed by atoms with Crippen LogP contribution in [0.2, 0.25) is 0 Å². The van der Waals surface area contributed by atoms with E-state index >= 15 is 0 Å². The Balaban J connectivity index is 1.48. The zero-order chi connectivity index (χ0) is 25.9. The van der Waals surface area contributed by atoms with Crippen LogP contribution in [0.4, 0.5) is 24.5 Å². The number of halogens is 3. The molecule has 1 saturated carbocycles. The Morgan fingerprint density at radius 1 is 1.22 bits per heavy atom. The number of aryl methyl sites for hydroxylation is 1. The lowest BCUT2D eigenvalue weighted by atomic mass is 9.92. The van der Waals surface area contributed by atoms with Gasteiger partial charge < -0.3 is 30.1 Å². The third-order valence-corrected chi connectivity index (χ3v) is 6.58. The topological polar surface area (TPSA) is 83.1 Å². The van der Waals surface area contributed by atoms with Gasteiger partial charge >= 0.3 is 6.36 Å². The van der Waals surface area contributed by atoms with E-state index in [1.165, 1.54) is 12.1 Å². The van der Waals surface area contributed by atoms with Gasteiger partial charge in [-0.25, -0.2) is 0 Å². The molecule has 196 valence electrons. The van der Waals surface area contributed by atoms with Crippen LogP contribution in [0.15, 0.2) is 30.3 Å². The number of benzene rings is 2. The Morgan fingerprint density at radius 3 is 2.67 bits per heavy atom. The molecular weight excluding hydrogens is 475 g/mol. The number of ether oxygens (including phenoxy) is 2. The zero-order valence-electron chi connectivity index (χ0n) is 20.5. The van der Waals surface area contributed by atoms with E-state index < -0.39 is 18.4 Å². The highest BCUT2D eigenvalue weighted by atomic mass is 19.4. The Kier molecular flexibility index (Phi) is 7.82. The van der Waals surface area contributed by atoms with E-state index in [0.29, 0.717) is 17.3 Å². The van der Waals surface area contributed by atoms with Crippen LogP contribution in [0.25, 0.3) is 0 Å². The number of phenolic OH excluding ortho intramolecular Hbond substituents is 1. The number of nitrogens with zero attached hydrogens (tertiary/aromatic N) is 1. The minimum absolute atomic E-state index is 0.0659. The van der Waals surface area contributed by atoms with Crippen molar-refractivity contribution in [2.45, 2.75) is 56.9 Å². The van der Waals surface area contributed by atoms with E-state index in [4.69, 9.17) is 4.74 Å². The first-order valence-corrected chi connectivity index (χ1v) is 12.2. The van der Waals surface area contributed by atoms with Gasteiger partial charge in [0.1, 0.15) is 17.2 Å². The lowest BCUT2D eigenvalue weighted by Gasteiger charge is -2.27. The maximum absolute atomic E-state index is 13.1. The maximum atomic E-state index is 13.1. The number of fused-ring (bicyclic) bond motifs is 1. The number of hydrogen-bond donors (Lipinski definition) is 3. The molecular formula is C26H32F3N3O4. The van der Waals surface area contributed by atoms with E-state index in [0.717, 1.165) is 62.3 Å². The number of carbonyl (C=O) groups is 1. The van der Waals surface area contributed by atoms with Crippen LogP contribution in [-0.2, 0) is 11.2 Å². The van der Waals surface area contributed by atoms with E-state index in [2.05, 4.69) is 20.3 Å². The Hall–Kier alpha value is -3.14. The highest BCUT2D eigenvalue weighted by Gasteiger charge is 2.32. The van der Waals surface area contributed by atoms with Gasteiger partial charge in [-0.1, -0.05) is 12.8 Å². The molecule has 1 atom stereocenters. The van der Waals surface area contributed by atoms with Crippen LogP contribution >= 0.6 is 0 Å². The van der Waals surface area contributed by atoms with Crippen molar-refractivity contribution in [1.82, 2.24) is 4.90 Å². The minimum atomic E-state index is -4.80. The molecule has 0 bridgehead atoms. The second-order valence-corrected chi connectivity index (χ2v) is 9.64. The Bertz CT molecular complexity index is 1080. The molecule has 36 heavy (non-hydrogen) atoms. The van der Waals surface area contributed by atoms with Crippen molar-refractivity contribution >= 4 is 17.3 Å². The fourth-order valence-electron chi connectivity index (χ4n) is 4.83. The lowest BCUT2D eigenvalue weighted by molar-refractivity contribution is -0.274. The van der Waals surface area contributed by atoms with Crippen LogP contribution in [0.5, 0.6) is 17.2 Å². The van der Waals surface area contributed by atoms with E-state index in [-0.39, 0.29) is 23.8 Å². The molecule has 2 aromatic carbocycles. The molecule has 0 spiro atoms. The van der Waals surface area contributed by atoms with Gasteiger partial charge in [-0.2, -0.15) is 0 Å². The summed E-state index contributed by atoms with van der Waals surface area (Å²) in [6.07, 6.45) is 0.323. The molecule has 4 rings (SSSR count). The van der Waals surface area contributed by atoms with Gasteiger partial charge in [-0.05, 0) is 81.6 Å². The Labute approximate surface area is 208 Å². The largest absolute Gasteiger partial charge is 0.573 e. The molecule has 10 heteroatoms. The first kappa shape index (κ1) is 25.9. The SMILES string of the molecule is CN(C)CCCc1cc(C2CCCC2)c(O)cc1NC(=O)C1CNc2cc(OC(F)(F)F)ccc2O1. The highest BCUT2D eigenvalue weighted by molar-refractivity contribution is 5.96. The van der Waals surface area contributed by atoms with Crippen molar-refractivity contribution in [3.05, 3.63) is 41.5 Å². The second-order valence-electron chi connectivity index (χ2n) is 9.64. The molecule has 1 unspecified atom stereocenters. The summed E-state index contributed by atoms with van der Waals surface area (Å²) >= 11 is 0. The van der Waals surface area contributed by atoms with Gasteiger partial charge in [0.05, 0.1) is 12.2 Å². The summed E-state index contributed by atoms with van der Waals surface area (Å²) in [5, 5.41) is 16.6. The molecule has 2 aromatic rings. The van der Waals surface area contributed by atoms with Gasteiger partial charge in [-0.3, -0.25) is 4.79 Å². The van der Waals surface area contributed by atoms with Crippen molar-refractivity contribution in [2.24, 2.45) is 0 Å². The molecule has 0 aromatic heterocycles. The van der Waals surface area contributed by atoms with Crippen molar-refractivity contribution in [1.29, 1.82) is 0 Å². The van der Waals surface area contributed by atoms with Crippen molar-refractivity contribution in [2.75, 3.05) is 37.8 Å². The Morgan fingerprint density at radius 2 is 1.97 bits per heavy atom. The predicted octanol–water partition coefficient (Wildman–Crippen LogP) is 5.25. The molecule has 1 amide bonds. The first-order chi connectivity index (χ1) is 17.1. The molecule has 0 saturated heterocycles. The van der Waals surface area contributed by atoms with E-state index in [1.807, 2.05) is 20.2 Å². The molecule has 1 heterocycles. The summed E-state index contributed by atoms with van der Waals surface area (Å²) in [6, 6.07) is 7.30. The average Bonchev–Trinajstić information content (AvgIpc) is 3.33. The van der Waals surface area contributed by atoms with E-state index in [1.54, 1.807) is 6.07 Å². The van der Waals surface area contributed by atoms with Gasteiger partial charge in [0.2, 0.25) is 0 Å². The van der Waals surface area contributed by atoms with Crippen LogP contribution in [0.1, 0.15) is 49.1 Å². The number of anilines is 2. The van der Waals surface area contributed by atoms with Gasteiger partial charge in [0, 0.05) is 17.8 Å². The minimum Gasteiger partial charge on any atom is -0.508 e. The molecule has 1 fully saturated rings. The number of rotatable bonds is 8. The standard InChI is InChI=1S/C26H32F3N3O4/c1-32(2)11-5-8-17-12-19(16-6-3-4-7-16)22(33)14-20(17)31-25(34)24-15-30-21-13-18(36-26(27,28)29)9-10-23(21)35-24/h9-10,12-14,16,24,30,33H,3-8,11,15H2,1-2H3,(H,31,34). The number of amides is 1. The summed E-state index contributed by atoms with van der Waals surface area (Å²) < 4.78 is 47.2. The normalized spacial score (nSPS) is 17.9. The molecule has 2 aliphatic rings. The van der Waals surface area contributed by atoms with Crippen LogP contribution in [0, 0.1) is 0 Å². The van der Waals surface area contributed by atoms with Gasteiger partial charge in [0.15, 0.2) is 6.10 Å². The van der Waals surface area contributed by atoms with Crippen LogP contribution in [0.3, 0.4) is 0 Å². The van der Waals surface area contributed by atoms with Crippen molar-refractivity contribution < 1.29 is 32.5 Å². The molecule has 7 nitrogen and oxygen atoms in total. The number of hydrogen-bond acceptors (Lipinski definition) is 6. The van der Waals surface area contributed by atoms with Gasteiger partial charge in [-0.15, -0.1) is 13.2 Å². The number of alkyl halides is 3. The predicted molar refractivity (Wildman–Crippen MR) is 131 cm³/mol. The molecule has 1 aliphatic carbocycles. The summed E-state index contributed by atoms with van der Waals surface area (Å²) in [5.74, 6) is -0.0256. The van der Waals surface area contributed by atoms with Crippen molar-refractivity contribution in [3.8, 4) is 17.2 Å². The zero-order valence-corrected chi connectivity index (χ0v) is 20.5. The number of phenols is 1. The highest BCUT2D eigenvalue weighted by Crippen LogP contribution is 2.41. The molecule has 0 radical (unpaired) electrons. The third-order valence-electron chi connectivity index (χ3n) is 6.58. The monoisotopic (exact) mass is 507 g/mol. The smallest absolute Gasteiger partial charge is 0.508 e. The number of aromatic hydroxyl groups is 1. The van der Waals surface area contributed by atoms with Gasteiger partial charge in [0.25, 0.3) is 5.91 Å². The fraction of sp³-hybridized carbons (Fsp3) is 0.500. The number of nitrogens with one attached hydrogen (secondary N) is 2. The summed E-state index contributed by atoms with van der Waals surface area (Å²) in [6.45, 7) is 0.954. The quantitative estimate of drug-likeness (QED) is 0.453. The first-order valence-electron chi connectivity index (χ1n) is 12.2. The molecule has 1 aliphatic heterocycles. The van der Waals surface area contributed by atoms with Crippen molar-refractivity contribution in [3.63, 3.8) is 0 Å².